The van der Waals surface area contributed by atoms with Gasteiger partial charge in [0.05, 0.1) is 5.01 Å². The van der Waals surface area contributed by atoms with Gasteiger partial charge in [-0.2, -0.15) is 0 Å². The van der Waals surface area contributed by atoms with E-state index in [1.165, 1.54) is 16.2 Å². The average molecular weight is 256 g/mol. The molecule has 0 bridgehead atoms. The molecule has 1 rings (SSSR count). The number of rotatable bonds is 5. The fraction of sp³-hybridized carbons (Fsp3) is 0.545. The lowest BCUT2D eigenvalue weighted by Gasteiger charge is -2.21. The molecule has 0 saturated heterocycles. The van der Waals surface area contributed by atoms with Crippen LogP contribution < -0.4 is 0 Å². The minimum absolute atomic E-state index is 0.220. The van der Waals surface area contributed by atoms with E-state index >= 15 is 0 Å². The number of hydrogen-bond donors (Lipinski definition) is 1. The molecular weight excluding hydrogens is 240 g/mol. The lowest BCUT2D eigenvalue weighted by Crippen LogP contribution is -2.38. The van der Waals surface area contributed by atoms with Crippen LogP contribution in [0.1, 0.15) is 29.3 Å². The number of aromatic nitrogens is 1. The molecule has 1 aromatic heterocycles. The lowest BCUT2D eigenvalue weighted by atomic mass is 10.2. The van der Waals surface area contributed by atoms with Gasteiger partial charge in [-0.15, -0.1) is 11.3 Å². The van der Waals surface area contributed by atoms with E-state index in [1.54, 1.807) is 5.38 Å². The summed E-state index contributed by atoms with van der Waals surface area (Å²) in [4.78, 5) is 28.2. The normalized spacial score (nSPS) is 10.6. The Hall–Kier alpha value is -1.43. The van der Waals surface area contributed by atoms with E-state index in [-0.39, 0.29) is 18.4 Å². The van der Waals surface area contributed by atoms with Gasteiger partial charge in [0, 0.05) is 11.9 Å². The first-order valence-corrected chi connectivity index (χ1v) is 6.21. The topological polar surface area (TPSA) is 70.5 Å². The number of amides is 1. The molecule has 1 N–H and O–H groups in total. The number of thiazole rings is 1. The molecule has 1 heterocycles. The Morgan fingerprint density at radius 3 is 2.59 bits per heavy atom. The monoisotopic (exact) mass is 256 g/mol. The van der Waals surface area contributed by atoms with E-state index < -0.39 is 5.97 Å². The summed E-state index contributed by atoms with van der Waals surface area (Å²) < 4.78 is 0. The molecule has 17 heavy (non-hydrogen) atoms. The van der Waals surface area contributed by atoms with Crippen LogP contribution in [-0.4, -0.2) is 40.0 Å². The van der Waals surface area contributed by atoms with Crippen molar-refractivity contribution in [2.24, 2.45) is 5.92 Å². The summed E-state index contributed by atoms with van der Waals surface area (Å²) in [5.74, 6) is -1.10. The van der Waals surface area contributed by atoms with Gasteiger partial charge >= 0.3 is 5.97 Å². The maximum atomic E-state index is 12.0. The Morgan fingerprint density at radius 1 is 1.53 bits per heavy atom. The lowest BCUT2D eigenvalue weighted by molar-refractivity contribution is -0.137. The summed E-state index contributed by atoms with van der Waals surface area (Å²) >= 11 is 1.38. The molecule has 6 heteroatoms. The van der Waals surface area contributed by atoms with Gasteiger partial charge in [0.25, 0.3) is 5.91 Å². The van der Waals surface area contributed by atoms with Crippen LogP contribution in [0.5, 0.6) is 0 Å². The van der Waals surface area contributed by atoms with Crippen LogP contribution in [0.2, 0.25) is 0 Å². The van der Waals surface area contributed by atoms with Crippen molar-refractivity contribution in [2.45, 2.75) is 20.8 Å². The first-order chi connectivity index (χ1) is 7.90. The molecule has 0 fully saturated rings. The number of carboxylic acids is 1. The molecule has 0 spiro atoms. The second-order valence-electron chi connectivity index (χ2n) is 4.23. The summed E-state index contributed by atoms with van der Waals surface area (Å²) in [6.07, 6.45) is 0. The van der Waals surface area contributed by atoms with E-state index in [0.29, 0.717) is 12.2 Å². The Bertz CT molecular complexity index is 415. The number of hydrogen-bond acceptors (Lipinski definition) is 4. The van der Waals surface area contributed by atoms with E-state index in [4.69, 9.17) is 5.11 Å². The van der Waals surface area contributed by atoms with Gasteiger partial charge in [-0.3, -0.25) is 9.59 Å². The second-order valence-corrected chi connectivity index (χ2v) is 5.29. The number of aryl methyl sites for hydroxylation is 1. The smallest absolute Gasteiger partial charge is 0.323 e. The van der Waals surface area contributed by atoms with Gasteiger partial charge in [0.2, 0.25) is 0 Å². The van der Waals surface area contributed by atoms with Crippen molar-refractivity contribution in [3.05, 3.63) is 16.1 Å². The summed E-state index contributed by atoms with van der Waals surface area (Å²) in [5.41, 5.74) is 0.328. The first kappa shape index (κ1) is 13.6. The molecule has 1 aromatic rings. The molecule has 0 unspecified atom stereocenters. The molecule has 0 atom stereocenters. The van der Waals surface area contributed by atoms with E-state index in [2.05, 4.69) is 4.98 Å². The maximum absolute atomic E-state index is 12.0. The van der Waals surface area contributed by atoms with Crippen molar-refractivity contribution in [2.75, 3.05) is 13.1 Å². The quantitative estimate of drug-likeness (QED) is 0.869. The van der Waals surface area contributed by atoms with Gasteiger partial charge in [-0.25, -0.2) is 4.98 Å². The predicted octanol–water partition coefficient (Wildman–Crippen LogP) is 1.63. The van der Waals surface area contributed by atoms with Crippen LogP contribution in [0.4, 0.5) is 0 Å². The number of carboxylic acid groups (broad SMARTS) is 1. The number of carbonyl (C=O) groups excluding carboxylic acids is 1. The largest absolute Gasteiger partial charge is 0.480 e. The minimum atomic E-state index is -1.01. The Balaban J connectivity index is 2.82. The van der Waals surface area contributed by atoms with Gasteiger partial charge in [-0.1, -0.05) is 13.8 Å². The van der Waals surface area contributed by atoms with Crippen molar-refractivity contribution in [1.82, 2.24) is 9.88 Å². The van der Waals surface area contributed by atoms with Crippen molar-refractivity contribution in [3.63, 3.8) is 0 Å². The maximum Gasteiger partial charge on any atom is 0.323 e. The van der Waals surface area contributed by atoms with Gasteiger partial charge in [-0.05, 0) is 12.8 Å². The molecular formula is C11H16N2O3S. The molecule has 0 aliphatic carbocycles. The van der Waals surface area contributed by atoms with Crippen molar-refractivity contribution >= 4 is 23.2 Å². The van der Waals surface area contributed by atoms with Crippen LogP contribution in [0, 0.1) is 12.8 Å². The zero-order chi connectivity index (χ0) is 13.0. The highest BCUT2D eigenvalue weighted by molar-refractivity contribution is 7.09. The molecule has 0 radical (unpaired) electrons. The van der Waals surface area contributed by atoms with Crippen LogP contribution >= 0.6 is 11.3 Å². The van der Waals surface area contributed by atoms with Gasteiger partial charge in [0.15, 0.2) is 0 Å². The van der Waals surface area contributed by atoms with Crippen LogP contribution in [0.15, 0.2) is 5.38 Å². The highest BCUT2D eigenvalue weighted by Gasteiger charge is 2.21. The number of carbonyl (C=O) groups is 2. The molecule has 0 aromatic carbocycles. The molecule has 94 valence electrons. The first-order valence-electron chi connectivity index (χ1n) is 5.33. The molecule has 0 aliphatic rings. The van der Waals surface area contributed by atoms with Crippen LogP contribution in [-0.2, 0) is 4.79 Å². The van der Waals surface area contributed by atoms with Crippen molar-refractivity contribution < 1.29 is 14.7 Å². The fourth-order valence-electron chi connectivity index (χ4n) is 1.45. The zero-order valence-corrected chi connectivity index (χ0v) is 11.0. The van der Waals surface area contributed by atoms with Crippen molar-refractivity contribution in [1.29, 1.82) is 0 Å². The second kappa shape index (κ2) is 5.77. The third kappa shape index (κ3) is 4.14. The van der Waals surface area contributed by atoms with Crippen molar-refractivity contribution in [3.8, 4) is 0 Å². The van der Waals surface area contributed by atoms with E-state index in [9.17, 15) is 9.59 Å². The molecule has 0 aliphatic heterocycles. The number of aliphatic carboxylic acids is 1. The Kier molecular flexibility index (Phi) is 4.62. The van der Waals surface area contributed by atoms with Gasteiger partial charge < -0.3 is 10.0 Å². The summed E-state index contributed by atoms with van der Waals surface area (Å²) in [5, 5.41) is 11.2. The Morgan fingerprint density at radius 2 is 2.18 bits per heavy atom. The van der Waals surface area contributed by atoms with Crippen LogP contribution in [0.3, 0.4) is 0 Å². The highest BCUT2D eigenvalue weighted by Crippen LogP contribution is 2.11. The summed E-state index contributed by atoms with van der Waals surface area (Å²) in [7, 11) is 0. The predicted molar refractivity (Wildman–Crippen MR) is 65.2 cm³/mol. The SMILES string of the molecule is Cc1nc(C(=O)N(CC(=O)O)CC(C)C)cs1. The summed E-state index contributed by atoms with van der Waals surface area (Å²) in [6.45, 7) is 5.82. The molecule has 0 saturated carbocycles. The molecule has 1 amide bonds. The average Bonchev–Trinajstić information content (AvgIpc) is 2.61. The molecule has 5 nitrogen and oxygen atoms in total. The highest BCUT2D eigenvalue weighted by atomic mass is 32.1. The Labute approximate surface area is 104 Å². The summed E-state index contributed by atoms with van der Waals surface area (Å²) in [6, 6.07) is 0. The zero-order valence-electron chi connectivity index (χ0n) is 10.1. The third-order valence-corrected chi connectivity index (χ3v) is 2.81. The number of nitrogens with zero attached hydrogens (tertiary/aromatic N) is 2. The third-order valence-electron chi connectivity index (χ3n) is 2.04. The van der Waals surface area contributed by atoms with Gasteiger partial charge in [0.1, 0.15) is 12.2 Å². The van der Waals surface area contributed by atoms with E-state index in [1.807, 2.05) is 20.8 Å². The standard InChI is InChI=1S/C11H16N2O3S/c1-7(2)4-13(5-10(14)15)11(16)9-6-17-8(3)12-9/h6-7H,4-5H2,1-3H3,(H,14,15). The van der Waals surface area contributed by atoms with Crippen LogP contribution in [0.25, 0.3) is 0 Å². The fourth-order valence-corrected chi connectivity index (χ4v) is 2.03. The minimum Gasteiger partial charge on any atom is -0.480 e. The van der Waals surface area contributed by atoms with E-state index in [0.717, 1.165) is 5.01 Å².